The first kappa shape index (κ1) is 19.7. The van der Waals surface area contributed by atoms with E-state index in [1.54, 1.807) is 12.1 Å². The Morgan fingerprint density at radius 2 is 1.87 bits per heavy atom. The number of hydrogen-bond acceptors (Lipinski definition) is 7. The number of fused-ring (bicyclic) bond motifs is 1. The lowest BCUT2D eigenvalue weighted by atomic mass is 10.0. The quantitative estimate of drug-likeness (QED) is 0.677. The smallest absolute Gasteiger partial charge is 0.262 e. The number of nitrogens with zero attached hydrogens (tertiary/aromatic N) is 2. The van der Waals surface area contributed by atoms with Crippen LogP contribution in [-0.2, 0) is 16.1 Å². The van der Waals surface area contributed by atoms with Crippen molar-refractivity contribution in [3.8, 4) is 0 Å². The van der Waals surface area contributed by atoms with Gasteiger partial charge in [-0.1, -0.05) is 6.07 Å². The molecule has 9 heteroatoms. The van der Waals surface area contributed by atoms with Crippen molar-refractivity contribution >= 4 is 35.4 Å². The van der Waals surface area contributed by atoms with Crippen LogP contribution in [0.1, 0.15) is 45.5 Å². The first-order valence-electron chi connectivity index (χ1n) is 10.4. The highest BCUT2D eigenvalue weighted by atomic mass is 32.2. The fourth-order valence-corrected chi connectivity index (χ4v) is 6.06. The molecule has 0 aliphatic carbocycles. The molecule has 30 heavy (non-hydrogen) atoms. The van der Waals surface area contributed by atoms with Crippen LogP contribution in [0, 0.1) is 5.92 Å². The summed E-state index contributed by atoms with van der Waals surface area (Å²) in [6.45, 7) is 3.86. The van der Waals surface area contributed by atoms with Crippen molar-refractivity contribution in [1.82, 2.24) is 20.4 Å². The second kappa shape index (κ2) is 7.79. The SMILES string of the molecule is O=C1CCC(N2C(=O)c3ccc(CN4CCCSC4C4CNC4)cc3C2=O)C(=O)N1. The molecule has 0 bridgehead atoms. The van der Waals surface area contributed by atoms with E-state index in [0.717, 1.165) is 43.1 Å². The van der Waals surface area contributed by atoms with Crippen LogP contribution in [0.15, 0.2) is 18.2 Å². The number of rotatable bonds is 4. The van der Waals surface area contributed by atoms with Crippen LogP contribution in [0.5, 0.6) is 0 Å². The number of benzene rings is 1. The molecule has 4 heterocycles. The van der Waals surface area contributed by atoms with Gasteiger partial charge in [-0.25, -0.2) is 0 Å². The van der Waals surface area contributed by atoms with E-state index in [1.807, 2.05) is 17.8 Å². The molecular weight excluding hydrogens is 404 g/mol. The number of nitrogens with one attached hydrogen (secondary N) is 2. The minimum absolute atomic E-state index is 0.124. The van der Waals surface area contributed by atoms with Gasteiger partial charge < -0.3 is 5.32 Å². The third kappa shape index (κ3) is 3.34. The Bertz CT molecular complexity index is 932. The third-order valence-corrected chi connectivity index (χ3v) is 7.89. The van der Waals surface area contributed by atoms with Gasteiger partial charge in [0.15, 0.2) is 0 Å². The first-order valence-corrected chi connectivity index (χ1v) is 11.5. The molecular formula is C21H24N4O4S. The Morgan fingerprint density at radius 1 is 1.07 bits per heavy atom. The van der Waals surface area contributed by atoms with Gasteiger partial charge in [-0.2, -0.15) is 0 Å². The Kier molecular flexibility index (Phi) is 5.12. The van der Waals surface area contributed by atoms with Gasteiger partial charge in [-0.05, 0) is 36.3 Å². The Hall–Kier alpha value is -2.23. The van der Waals surface area contributed by atoms with Crippen molar-refractivity contribution in [3.05, 3.63) is 34.9 Å². The van der Waals surface area contributed by atoms with Crippen molar-refractivity contribution in [3.63, 3.8) is 0 Å². The zero-order chi connectivity index (χ0) is 20.8. The highest BCUT2D eigenvalue weighted by Gasteiger charge is 2.44. The van der Waals surface area contributed by atoms with Crippen LogP contribution in [0.4, 0.5) is 0 Å². The summed E-state index contributed by atoms with van der Waals surface area (Å²) >= 11 is 2.01. The van der Waals surface area contributed by atoms with Crippen LogP contribution in [0.25, 0.3) is 0 Å². The number of piperidine rings is 1. The molecule has 0 spiro atoms. The van der Waals surface area contributed by atoms with Gasteiger partial charge in [0.2, 0.25) is 11.8 Å². The Labute approximate surface area is 178 Å². The van der Waals surface area contributed by atoms with Gasteiger partial charge >= 0.3 is 0 Å². The molecule has 1 aromatic carbocycles. The second-order valence-electron chi connectivity index (χ2n) is 8.33. The predicted octanol–water partition coefficient (Wildman–Crippen LogP) is 0.572. The van der Waals surface area contributed by atoms with Gasteiger partial charge in [-0.15, -0.1) is 11.8 Å². The maximum atomic E-state index is 13.0. The van der Waals surface area contributed by atoms with E-state index >= 15 is 0 Å². The summed E-state index contributed by atoms with van der Waals surface area (Å²) in [5, 5.41) is 6.05. The predicted molar refractivity (Wildman–Crippen MR) is 111 cm³/mol. The molecule has 0 aromatic heterocycles. The number of imide groups is 2. The van der Waals surface area contributed by atoms with Crippen molar-refractivity contribution in [1.29, 1.82) is 0 Å². The molecule has 5 rings (SSSR count). The molecule has 0 radical (unpaired) electrons. The van der Waals surface area contributed by atoms with Crippen LogP contribution >= 0.6 is 11.8 Å². The average Bonchev–Trinajstić information content (AvgIpc) is 2.93. The molecule has 3 saturated heterocycles. The standard InChI is InChI=1S/C21H24N4O4S/c26-17-5-4-16(18(27)23-17)25-19(28)14-3-2-12(8-15(14)20(25)29)11-24-6-1-7-30-21(24)13-9-22-10-13/h2-3,8,13,16,21-22H,1,4-7,9-11H2,(H,23,26,27). The molecule has 2 unspecified atom stereocenters. The second-order valence-corrected chi connectivity index (χ2v) is 9.56. The zero-order valence-electron chi connectivity index (χ0n) is 16.6. The lowest BCUT2D eigenvalue weighted by Gasteiger charge is -2.43. The first-order chi connectivity index (χ1) is 14.5. The van der Waals surface area contributed by atoms with Gasteiger partial charge in [0, 0.05) is 38.5 Å². The topological polar surface area (TPSA) is 98.8 Å². The van der Waals surface area contributed by atoms with E-state index in [2.05, 4.69) is 15.5 Å². The highest BCUT2D eigenvalue weighted by molar-refractivity contribution is 7.99. The summed E-state index contributed by atoms with van der Waals surface area (Å²) in [5.74, 6) is -0.0254. The maximum Gasteiger partial charge on any atom is 0.262 e. The summed E-state index contributed by atoms with van der Waals surface area (Å²) in [5.41, 5.74) is 1.69. The minimum atomic E-state index is -0.924. The summed E-state index contributed by atoms with van der Waals surface area (Å²) in [6, 6.07) is 4.49. The van der Waals surface area contributed by atoms with Crippen molar-refractivity contribution in [2.75, 3.05) is 25.4 Å². The van der Waals surface area contributed by atoms with E-state index in [0.29, 0.717) is 22.4 Å². The number of amides is 4. The number of carbonyl (C=O) groups excluding carboxylic acids is 4. The normalized spacial score (nSPS) is 27.8. The Morgan fingerprint density at radius 3 is 2.60 bits per heavy atom. The monoisotopic (exact) mass is 428 g/mol. The minimum Gasteiger partial charge on any atom is -0.316 e. The van der Waals surface area contributed by atoms with Crippen LogP contribution in [0.3, 0.4) is 0 Å². The summed E-state index contributed by atoms with van der Waals surface area (Å²) < 4.78 is 0. The van der Waals surface area contributed by atoms with Crippen LogP contribution in [0.2, 0.25) is 0 Å². The summed E-state index contributed by atoms with van der Waals surface area (Å²) in [7, 11) is 0. The van der Waals surface area contributed by atoms with E-state index < -0.39 is 23.8 Å². The number of hydrogen-bond donors (Lipinski definition) is 2. The highest BCUT2D eigenvalue weighted by Crippen LogP contribution is 2.33. The van der Waals surface area contributed by atoms with Gasteiger partial charge in [0.25, 0.3) is 11.8 Å². The third-order valence-electron chi connectivity index (χ3n) is 6.34. The molecule has 4 amide bonds. The maximum absolute atomic E-state index is 13.0. The Balaban J connectivity index is 1.35. The van der Waals surface area contributed by atoms with Gasteiger partial charge in [0.1, 0.15) is 6.04 Å². The van der Waals surface area contributed by atoms with E-state index in [1.165, 1.54) is 5.75 Å². The zero-order valence-corrected chi connectivity index (χ0v) is 17.4. The number of carbonyl (C=O) groups is 4. The molecule has 2 atom stereocenters. The molecule has 158 valence electrons. The van der Waals surface area contributed by atoms with Gasteiger partial charge in [-0.3, -0.25) is 34.3 Å². The van der Waals surface area contributed by atoms with Crippen molar-refractivity contribution in [2.24, 2.45) is 5.92 Å². The van der Waals surface area contributed by atoms with Crippen LogP contribution < -0.4 is 10.6 Å². The molecule has 2 N–H and O–H groups in total. The molecule has 3 fully saturated rings. The fourth-order valence-electron chi connectivity index (χ4n) is 4.67. The molecule has 0 saturated carbocycles. The molecule has 1 aromatic rings. The fraction of sp³-hybridized carbons (Fsp3) is 0.524. The van der Waals surface area contributed by atoms with Crippen molar-refractivity contribution < 1.29 is 19.2 Å². The van der Waals surface area contributed by atoms with Crippen LogP contribution in [-0.4, -0.2) is 70.2 Å². The van der Waals surface area contributed by atoms with E-state index in [-0.39, 0.29) is 18.7 Å². The van der Waals surface area contributed by atoms with E-state index in [9.17, 15) is 19.2 Å². The van der Waals surface area contributed by atoms with E-state index in [4.69, 9.17) is 0 Å². The largest absolute Gasteiger partial charge is 0.316 e. The summed E-state index contributed by atoms with van der Waals surface area (Å²) in [4.78, 5) is 53.0. The lowest BCUT2D eigenvalue weighted by molar-refractivity contribution is -0.136. The van der Waals surface area contributed by atoms with Crippen molar-refractivity contribution in [2.45, 2.75) is 37.2 Å². The number of thioether (sulfide) groups is 1. The molecule has 4 aliphatic rings. The molecule has 8 nitrogen and oxygen atoms in total. The average molecular weight is 429 g/mol. The van der Waals surface area contributed by atoms with Gasteiger partial charge in [0.05, 0.1) is 16.5 Å². The lowest BCUT2D eigenvalue weighted by Crippen LogP contribution is -2.54. The molecule has 4 aliphatic heterocycles. The summed E-state index contributed by atoms with van der Waals surface area (Å²) in [6.07, 6.45) is 1.44.